The Morgan fingerprint density at radius 2 is 1.56 bits per heavy atom. The zero-order valence-corrected chi connectivity index (χ0v) is 29.8. The lowest BCUT2D eigenvalue weighted by Gasteiger charge is -2.44. The number of ether oxygens (including phenoxy) is 2. The number of benzene rings is 1. The summed E-state index contributed by atoms with van der Waals surface area (Å²) in [5.74, 6) is 0.656. The zero-order valence-electron chi connectivity index (χ0n) is 27.8. The van der Waals surface area contributed by atoms with Crippen molar-refractivity contribution in [3.8, 4) is 5.75 Å². The van der Waals surface area contributed by atoms with Crippen LogP contribution in [0.3, 0.4) is 0 Å². The second-order valence-corrected chi connectivity index (χ2v) is 23.7. The van der Waals surface area contributed by atoms with Gasteiger partial charge in [-0.05, 0) is 60.0 Å². The van der Waals surface area contributed by atoms with Crippen molar-refractivity contribution in [2.45, 2.75) is 116 Å². The molecular formula is C31H50N4O6Si2. The van der Waals surface area contributed by atoms with Gasteiger partial charge in [0.2, 0.25) is 5.91 Å². The fourth-order valence-electron chi connectivity index (χ4n) is 4.15. The quantitative estimate of drug-likeness (QED) is 0.247. The Labute approximate surface area is 258 Å². The molecule has 1 amide bonds. The average Bonchev–Trinajstić information content (AvgIpc) is 3.18. The third-order valence-electron chi connectivity index (χ3n) is 8.79. The monoisotopic (exact) mass is 630 g/mol. The van der Waals surface area contributed by atoms with E-state index < -0.39 is 46.9 Å². The molecule has 0 bridgehead atoms. The maximum atomic E-state index is 13.3. The number of rotatable bonds is 10. The topological polar surface area (TPSA) is 113 Å². The summed E-state index contributed by atoms with van der Waals surface area (Å²) < 4.78 is 27.4. The maximum absolute atomic E-state index is 13.3. The summed E-state index contributed by atoms with van der Waals surface area (Å²) in [7, 11) is -3.07. The standard InChI is InChI=1S/C31H50N4O6Si2/c1-21(36)33-25-17-18-35(29(37)34-25)28-27(41-43(11,12)31(5,6)7)26(40-42(9,10)30(2,3)4)24(39-28)20-32-19-22-13-15-23(38-8)16-14-22/h13-18,20,24,26-28H,19H2,1-12H3,(H,33,34,36,37)/t24-,26-,27+,28-/m1/s1. The Bertz CT molecular complexity index is 1350. The van der Waals surface area contributed by atoms with Crippen molar-refractivity contribution in [1.82, 2.24) is 9.55 Å². The average molecular weight is 631 g/mol. The molecule has 0 unspecified atom stereocenters. The maximum Gasteiger partial charge on any atom is 0.351 e. The van der Waals surface area contributed by atoms with Crippen LogP contribution >= 0.6 is 0 Å². The van der Waals surface area contributed by atoms with E-state index in [1.807, 2.05) is 24.3 Å². The second-order valence-electron chi connectivity index (χ2n) is 14.2. The van der Waals surface area contributed by atoms with Crippen LogP contribution < -0.4 is 15.7 Å². The molecule has 4 atom stereocenters. The van der Waals surface area contributed by atoms with Gasteiger partial charge in [-0.2, -0.15) is 4.98 Å². The van der Waals surface area contributed by atoms with Crippen LogP contribution in [-0.2, 0) is 24.9 Å². The van der Waals surface area contributed by atoms with Gasteiger partial charge >= 0.3 is 5.69 Å². The number of carbonyl (C=O) groups excluding carboxylic acids is 1. The predicted molar refractivity (Wildman–Crippen MR) is 176 cm³/mol. The van der Waals surface area contributed by atoms with Gasteiger partial charge in [-0.1, -0.05) is 53.7 Å². The van der Waals surface area contributed by atoms with E-state index in [4.69, 9.17) is 23.3 Å². The minimum absolute atomic E-state index is 0.0736. The number of aromatic nitrogens is 2. The van der Waals surface area contributed by atoms with E-state index >= 15 is 0 Å². The first-order valence-corrected chi connectivity index (χ1v) is 20.6. The summed E-state index contributed by atoms with van der Waals surface area (Å²) in [5, 5.41) is 2.40. The Balaban J connectivity index is 2.08. The summed E-state index contributed by atoms with van der Waals surface area (Å²) in [4.78, 5) is 33.7. The molecule has 1 aromatic heterocycles. The molecule has 1 aliphatic rings. The van der Waals surface area contributed by atoms with E-state index in [0.29, 0.717) is 6.54 Å². The van der Waals surface area contributed by atoms with E-state index in [9.17, 15) is 9.59 Å². The number of nitrogens with one attached hydrogen (secondary N) is 1. The molecule has 1 fully saturated rings. The molecule has 1 aliphatic heterocycles. The summed E-state index contributed by atoms with van der Waals surface area (Å²) in [6.07, 6.45) is 0.878. The molecule has 0 aliphatic carbocycles. The van der Waals surface area contributed by atoms with Gasteiger partial charge in [0.1, 0.15) is 29.9 Å². The fourth-order valence-corrected chi connectivity index (χ4v) is 6.74. The highest BCUT2D eigenvalue weighted by Gasteiger charge is 2.54. The van der Waals surface area contributed by atoms with E-state index in [2.05, 4.69) is 78.0 Å². The van der Waals surface area contributed by atoms with Crippen LogP contribution in [0.2, 0.25) is 36.3 Å². The number of hydrogen-bond acceptors (Lipinski definition) is 8. The van der Waals surface area contributed by atoms with Gasteiger partial charge in [-0.15, -0.1) is 0 Å². The second kappa shape index (κ2) is 13.1. The van der Waals surface area contributed by atoms with Crippen LogP contribution in [0.15, 0.2) is 46.3 Å². The lowest BCUT2D eigenvalue weighted by molar-refractivity contribution is -0.114. The van der Waals surface area contributed by atoms with Gasteiger partial charge in [0.25, 0.3) is 0 Å². The molecule has 2 aromatic rings. The van der Waals surface area contributed by atoms with E-state index in [-0.39, 0.29) is 21.8 Å². The summed E-state index contributed by atoms with van der Waals surface area (Å²) in [6.45, 7) is 23.7. The Morgan fingerprint density at radius 3 is 2.05 bits per heavy atom. The van der Waals surface area contributed by atoms with Crippen molar-refractivity contribution in [2.75, 3.05) is 12.4 Å². The molecule has 10 nitrogen and oxygen atoms in total. The van der Waals surface area contributed by atoms with Crippen LogP contribution in [0.25, 0.3) is 0 Å². The predicted octanol–water partition coefficient (Wildman–Crippen LogP) is 6.16. The van der Waals surface area contributed by atoms with Gasteiger partial charge in [-0.25, -0.2) is 4.79 Å². The molecule has 1 N–H and O–H groups in total. The normalized spacial score (nSPS) is 21.8. The largest absolute Gasteiger partial charge is 0.497 e. The lowest BCUT2D eigenvalue weighted by atomic mass is 10.1. The molecule has 0 spiro atoms. The van der Waals surface area contributed by atoms with Crippen LogP contribution in [0.1, 0.15) is 60.3 Å². The van der Waals surface area contributed by atoms with Crippen LogP contribution in [0.4, 0.5) is 5.82 Å². The third-order valence-corrected chi connectivity index (χ3v) is 17.7. The molecule has 1 saturated heterocycles. The summed E-state index contributed by atoms with van der Waals surface area (Å²) in [5.41, 5.74) is 0.471. The number of anilines is 1. The number of nitrogens with zero attached hydrogens (tertiary/aromatic N) is 3. The van der Waals surface area contributed by atoms with Crippen molar-refractivity contribution < 1.29 is 23.1 Å². The van der Waals surface area contributed by atoms with Gasteiger partial charge in [0.15, 0.2) is 22.9 Å². The molecule has 1 aromatic carbocycles. The first-order valence-electron chi connectivity index (χ1n) is 14.8. The Morgan fingerprint density at radius 1 is 1.00 bits per heavy atom. The molecule has 0 radical (unpaired) electrons. The minimum atomic E-state index is -2.37. The van der Waals surface area contributed by atoms with Crippen molar-refractivity contribution in [3.05, 3.63) is 52.6 Å². The Kier molecular flexibility index (Phi) is 10.7. The smallest absolute Gasteiger partial charge is 0.351 e. The number of amides is 1. The van der Waals surface area contributed by atoms with Gasteiger partial charge < -0.3 is 23.6 Å². The number of carbonyl (C=O) groups is 1. The van der Waals surface area contributed by atoms with Gasteiger partial charge in [0, 0.05) is 19.3 Å². The van der Waals surface area contributed by atoms with E-state index in [0.717, 1.165) is 11.3 Å². The van der Waals surface area contributed by atoms with Crippen molar-refractivity contribution in [1.29, 1.82) is 0 Å². The van der Waals surface area contributed by atoms with Crippen LogP contribution in [-0.4, -0.2) is 63.7 Å². The number of aliphatic imine (C=N–C) groups is 1. The SMILES string of the molecule is COc1ccc(CN=C[C@H]2O[C@@H](n3ccc(NC(C)=O)nc3=O)[C@@H](O[Si](C)(C)C(C)(C)C)[C@@H]2O[Si](C)(C)C(C)(C)C)cc1. The minimum Gasteiger partial charge on any atom is -0.497 e. The molecule has 12 heteroatoms. The van der Waals surface area contributed by atoms with Crippen molar-refractivity contribution >= 4 is 34.6 Å². The molecule has 0 saturated carbocycles. The number of methoxy groups -OCH3 is 1. The Hall–Kier alpha value is -2.65. The fraction of sp³-hybridized carbons (Fsp3) is 0.613. The number of hydrogen-bond donors (Lipinski definition) is 1. The first-order chi connectivity index (χ1) is 19.8. The van der Waals surface area contributed by atoms with E-state index in [1.165, 1.54) is 11.5 Å². The lowest BCUT2D eigenvalue weighted by Crippen LogP contribution is -2.54. The third kappa shape index (κ3) is 8.50. The molecule has 2 heterocycles. The zero-order chi connectivity index (χ0) is 32.4. The molecule has 43 heavy (non-hydrogen) atoms. The van der Waals surface area contributed by atoms with Crippen molar-refractivity contribution in [2.24, 2.45) is 4.99 Å². The van der Waals surface area contributed by atoms with Gasteiger partial charge in [0.05, 0.1) is 13.7 Å². The van der Waals surface area contributed by atoms with Crippen molar-refractivity contribution in [3.63, 3.8) is 0 Å². The molecule has 3 rings (SSSR count). The van der Waals surface area contributed by atoms with Crippen LogP contribution in [0, 0.1) is 0 Å². The summed E-state index contributed by atoms with van der Waals surface area (Å²) in [6, 6.07) is 9.35. The van der Waals surface area contributed by atoms with E-state index in [1.54, 1.807) is 25.6 Å². The molecular weight excluding hydrogens is 581 g/mol. The van der Waals surface area contributed by atoms with Gasteiger partial charge in [-0.3, -0.25) is 14.4 Å². The highest BCUT2D eigenvalue weighted by atomic mass is 28.4. The summed E-state index contributed by atoms with van der Waals surface area (Å²) >= 11 is 0. The first kappa shape index (κ1) is 34.8. The molecule has 238 valence electrons. The highest BCUT2D eigenvalue weighted by molar-refractivity contribution is 6.74. The van der Waals surface area contributed by atoms with Crippen LogP contribution in [0.5, 0.6) is 5.75 Å². The highest BCUT2D eigenvalue weighted by Crippen LogP contribution is 2.45.